The highest BCUT2D eigenvalue weighted by Crippen LogP contribution is 2.23. The highest BCUT2D eigenvalue weighted by atomic mass is 35.5. The first-order chi connectivity index (χ1) is 5.52. The maximum atomic E-state index is 10.6. The fraction of sp³-hybridized carbons (Fsp3) is 0.143. The van der Waals surface area contributed by atoms with Crippen molar-refractivity contribution < 1.29 is 10.4 Å². The molecule has 1 rings (SSSR count). The number of rotatable bonds is 1. The highest BCUT2D eigenvalue weighted by Gasteiger charge is 2.09. The maximum Gasteiger partial charge on any atom is 0.170 e. The first kappa shape index (κ1) is 9.28. The minimum absolute atomic E-state index is 0.153. The van der Waals surface area contributed by atoms with Crippen LogP contribution in [0.5, 0.6) is 0 Å². The van der Waals surface area contributed by atoms with Gasteiger partial charge in [-0.05, 0) is 13.0 Å². The van der Waals surface area contributed by atoms with Crippen molar-refractivity contribution in [3.8, 4) is 0 Å². The quantitative estimate of drug-likeness (QED) is 0.447. The molecular formula is C7H9ClN2O2. The minimum Gasteiger partial charge on any atom is -0.595 e. The fourth-order valence-electron chi connectivity index (χ4n) is 0.922. The number of hydrogen-bond donors (Lipinski definition) is 3. The number of benzene rings is 1. The van der Waals surface area contributed by atoms with E-state index in [9.17, 15) is 5.21 Å². The van der Waals surface area contributed by atoms with Crippen LogP contribution in [0.3, 0.4) is 0 Å². The van der Waals surface area contributed by atoms with E-state index in [4.69, 9.17) is 22.5 Å². The second-order valence-electron chi connectivity index (χ2n) is 2.47. The minimum atomic E-state index is -1.01. The molecule has 0 saturated carbocycles. The Hall–Kier alpha value is -0.810. The summed E-state index contributed by atoms with van der Waals surface area (Å²) in [5.41, 5.74) is 6.62. The molecule has 66 valence electrons. The van der Waals surface area contributed by atoms with Gasteiger partial charge in [-0.1, -0.05) is 11.6 Å². The van der Waals surface area contributed by atoms with Crippen molar-refractivity contribution >= 4 is 23.0 Å². The lowest BCUT2D eigenvalue weighted by Crippen LogP contribution is -2.99. The largest absolute Gasteiger partial charge is 0.595 e. The molecule has 4 N–H and O–H groups in total. The van der Waals surface area contributed by atoms with Crippen LogP contribution in [-0.4, -0.2) is 5.21 Å². The Kier molecular flexibility index (Phi) is 2.54. The molecule has 0 spiro atoms. The lowest BCUT2D eigenvalue weighted by atomic mass is 10.1. The molecule has 5 heteroatoms. The third-order valence-electron chi connectivity index (χ3n) is 1.64. The number of nitrogens with one attached hydrogen (secondary N) is 1. The van der Waals surface area contributed by atoms with E-state index in [-0.39, 0.29) is 5.69 Å². The molecule has 1 atom stereocenters. The molecule has 1 unspecified atom stereocenters. The zero-order valence-electron chi connectivity index (χ0n) is 6.47. The van der Waals surface area contributed by atoms with Crippen molar-refractivity contribution in [3.63, 3.8) is 0 Å². The molecule has 0 heterocycles. The van der Waals surface area contributed by atoms with Crippen LogP contribution in [0.15, 0.2) is 12.1 Å². The Morgan fingerprint density at radius 1 is 1.58 bits per heavy atom. The van der Waals surface area contributed by atoms with Crippen LogP contribution in [0.2, 0.25) is 5.02 Å². The lowest BCUT2D eigenvalue weighted by Gasteiger charge is -2.15. The van der Waals surface area contributed by atoms with E-state index in [2.05, 4.69) is 0 Å². The second-order valence-corrected chi connectivity index (χ2v) is 2.91. The summed E-state index contributed by atoms with van der Waals surface area (Å²) < 4.78 is 0. The van der Waals surface area contributed by atoms with Gasteiger partial charge in [-0.3, -0.25) is 0 Å². The third-order valence-corrected chi connectivity index (χ3v) is 1.86. The average Bonchev–Trinajstić information content (AvgIpc) is 1.96. The lowest BCUT2D eigenvalue weighted by molar-refractivity contribution is -0.991. The van der Waals surface area contributed by atoms with E-state index < -0.39 is 5.23 Å². The number of nitrogens with two attached hydrogens (primary N) is 1. The standard InChI is InChI=1S/C7H9ClN2O2/c1-4-6(9)2-5(8)3-7(4)10(11)12/h2-3,10-11H,9H2,1H3. The van der Waals surface area contributed by atoms with Crippen LogP contribution in [0, 0.1) is 12.1 Å². The van der Waals surface area contributed by atoms with Crippen LogP contribution in [0.1, 0.15) is 5.56 Å². The fourth-order valence-corrected chi connectivity index (χ4v) is 1.15. The monoisotopic (exact) mass is 188 g/mol. The molecule has 0 bridgehead atoms. The summed E-state index contributed by atoms with van der Waals surface area (Å²) in [4.78, 5) is 0. The zero-order chi connectivity index (χ0) is 9.30. The Morgan fingerprint density at radius 3 is 2.67 bits per heavy atom. The van der Waals surface area contributed by atoms with Gasteiger partial charge in [-0.2, -0.15) is 5.23 Å². The number of anilines is 1. The Balaban J connectivity index is 3.28. The van der Waals surface area contributed by atoms with E-state index in [0.717, 1.165) is 0 Å². The van der Waals surface area contributed by atoms with Crippen molar-refractivity contribution in [2.75, 3.05) is 5.73 Å². The average molecular weight is 189 g/mol. The Labute approximate surface area is 74.7 Å². The zero-order valence-corrected chi connectivity index (χ0v) is 7.22. The van der Waals surface area contributed by atoms with Crippen molar-refractivity contribution in [3.05, 3.63) is 27.9 Å². The number of halogens is 1. The van der Waals surface area contributed by atoms with Crippen molar-refractivity contribution in [2.24, 2.45) is 0 Å². The van der Waals surface area contributed by atoms with Crippen molar-refractivity contribution in [1.82, 2.24) is 0 Å². The van der Waals surface area contributed by atoms with E-state index in [0.29, 0.717) is 16.3 Å². The molecular weight excluding hydrogens is 180 g/mol. The summed E-state index contributed by atoms with van der Waals surface area (Å²) in [5, 5.41) is 18.6. The van der Waals surface area contributed by atoms with E-state index in [1.807, 2.05) is 0 Å². The predicted molar refractivity (Wildman–Crippen MR) is 46.4 cm³/mol. The first-order valence-corrected chi connectivity index (χ1v) is 3.69. The normalized spacial score (nSPS) is 13.0. The van der Waals surface area contributed by atoms with Gasteiger partial charge in [0.2, 0.25) is 0 Å². The smallest absolute Gasteiger partial charge is 0.170 e. The summed E-state index contributed by atoms with van der Waals surface area (Å²) in [5.74, 6) is 0. The summed E-state index contributed by atoms with van der Waals surface area (Å²) in [7, 11) is 0. The van der Waals surface area contributed by atoms with E-state index in [1.54, 1.807) is 6.92 Å². The van der Waals surface area contributed by atoms with Crippen LogP contribution in [0.25, 0.3) is 0 Å². The number of quaternary nitrogens is 1. The van der Waals surface area contributed by atoms with Gasteiger partial charge in [0.1, 0.15) is 0 Å². The SMILES string of the molecule is Cc1c(N)cc(Cl)cc1[NH+]([O-])O. The predicted octanol–water partition coefficient (Wildman–Crippen LogP) is 0.634. The first-order valence-electron chi connectivity index (χ1n) is 3.31. The van der Waals surface area contributed by atoms with Gasteiger partial charge in [0.05, 0.1) is 0 Å². The van der Waals surface area contributed by atoms with Gasteiger partial charge >= 0.3 is 0 Å². The van der Waals surface area contributed by atoms with Gasteiger partial charge < -0.3 is 10.9 Å². The number of hydrogen-bond acceptors (Lipinski definition) is 3. The molecule has 1 aromatic carbocycles. The van der Waals surface area contributed by atoms with E-state index >= 15 is 0 Å². The van der Waals surface area contributed by atoms with Gasteiger partial charge in [-0.25, -0.2) is 5.21 Å². The summed E-state index contributed by atoms with van der Waals surface area (Å²) in [6, 6.07) is 2.92. The summed E-state index contributed by atoms with van der Waals surface area (Å²) in [6.45, 7) is 1.65. The Bertz CT molecular complexity index is 302. The topological polar surface area (TPSA) is 73.8 Å². The Morgan fingerprint density at radius 2 is 2.17 bits per heavy atom. The molecule has 0 aromatic heterocycles. The van der Waals surface area contributed by atoms with Gasteiger partial charge in [-0.15, -0.1) is 0 Å². The molecule has 12 heavy (non-hydrogen) atoms. The number of nitrogen functional groups attached to an aromatic ring is 1. The second kappa shape index (κ2) is 3.28. The van der Waals surface area contributed by atoms with Crippen LogP contribution >= 0.6 is 11.6 Å². The van der Waals surface area contributed by atoms with Crippen LogP contribution < -0.4 is 11.0 Å². The van der Waals surface area contributed by atoms with Crippen molar-refractivity contribution in [2.45, 2.75) is 6.92 Å². The summed E-state index contributed by atoms with van der Waals surface area (Å²) >= 11 is 5.62. The highest BCUT2D eigenvalue weighted by molar-refractivity contribution is 6.31. The third kappa shape index (κ3) is 1.67. The molecule has 0 amide bonds. The van der Waals surface area contributed by atoms with Gasteiger partial charge in [0, 0.05) is 22.3 Å². The molecule has 0 aliphatic rings. The molecule has 4 nitrogen and oxygen atoms in total. The summed E-state index contributed by atoms with van der Waals surface area (Å²) in [6.07, 6.45) is 0. The molecule has 0 radical (unpaired) electrons. The van der Waals surface area contributed by atoms with Gasteiger partial charge in [0.15, 0.2) is 5.69 Å². The van der Waals surface area contributed by atoms with Crippen molar-refractivity contribution in [1.29, 1.82) is 0 Å². The molecule has 0 aliphatic heterocycles. The molecule has 0 saturated heterocycles. The van der Waals surface area contributed by atoms with Crippen LogP contribution in [-0.2, 0) is 0 Å². The van der Waals surface area contributed by atoms with Crippen LogP contribution in [0.4, 0.5) is 11.4 Å². The molecule has 0 fully saturated rings. The molecule has 0 aliphatic carbocycles. The van der Waals surface area contributed by atoms with Gasteiger partial charge in [0.25, 0.3) is 0 Å². The molecule has 1 aromatic rings. The van der Waals surface area contributed by atoms with E-state index in [1.165, 1.54) is 12.1 Å². The maximum absolute atomic E-state index is 10.6.